The summed E-state index contributed by atoms with van der Waals surface area (Å²) in [6.45, 7) is 3.87. The average molecular weight is 618 g/mol. The van der Waals surface area contributed by atoms with Gasteiger partial charge in [0.15, 0.2) is 5.78 Å². The molecule has 0 aliphatic heterocycles. The summed E-state index contributed by atoms with van der Waals surface area (Å²) in [6.07, 6.45) is 0.238. The highest BCUT2D eigenvalue weighted by molar-refractivity contribution is 6.67. The maximum absolute atomic E-state index is 13.4. The molecule has 0 spiro atoms. The summed E-state index contributed by atoms with van der Waals surface area (Å²) in [6, 6.07) is 21.1. The summed E-state index contributed by atoms with van der Waals surface area (Å²) in [4.78, 5) is 54.9. The molecule has 0 heterocycles. The lowest BCUT2D eigenvalue weighted by atomic mass is 10.0. The Labute approximate surface area is 248 Å². The molecule has 0 atom stereocenters. The van der Waals surface area contributed by atoms with E-state index in [9.17, 15) is 27.2 Å². The van der Waals surface area contributed by atoms with Gasteiger partial charge in [-0.15, -0.1) is 0 Å². The molecule has 0 aliphatic carbocycles. The molecule has 12 heteroatoms. The second kappa shape index (κ2) is 20.6. The molecular weight excluding hydrogens is 594 g/mol. The topological polar surface area (TPSA) is 128 Å². The van der Waals surface area contributed by atoms with Crippen molar-refractivity contribution in [2.45, 2.75) is 20.3 Å². The third-order valence-electron chi connectivity index (χ3n) is 5.05. The van der Waals surface area contributed by atoms with Crippen molar-refractivity contribution < 1.29 is 46.3 Å². The number of rotatable bonds is 4. The highest BCUT2D eigenvalue weighted by atomic mass is 35.5. The van der Waals surface area contributed by atoms with Gasteiger partial charge in [-0.05, 0) is 61.8 Å². The predicted octanol–water partition coefficient (Wildman–Crippen LogP) is 6.45. The lowest BCUT2D eigenvalue weighted by molar-refractivity contribution is -0.193. The minimum Gasteiger partial charge on any atom is -0.394 e. The number of carbonyl (C=O) groups is 2. The van der Waals surface area contributed by atoms with Crippen LogP contribution in [-0.4, -0.2) is 23.3 Å². The Balaban J connectivity index is 0.000000600. The normalized spacial score (nSPS) is 8.91. The zero-order valence-electron chi connectivity index (χ0n) is 22.7. The van der Waals surface area contributed by atoms with E-state index in [4.69, 9.17) is 36.5 Å². The number of carbonyl (C=O) groups excluding carboxylic acids is 6. The number of hydrogen-bond acceptors (Lipinski definition) is 7. The van der Waals surface area contributed by atoms with Gasteiger partial charge in [0.1, 0.15) is 29.0 Å². The van der Waals surface area contributed by atoms with E-state index in [1.54, 1.807) is 36.4 Å². The molecule has 0 saturated heterocycles. The van der Waals surface area contributed by atoms with Crippen LogP contribution < -0.4 is 5.73 Å². The Morgan fingerprint density at radius 3 is 1.28 bits per heavy atom. The first-order valence-corrected chi connectivity index (χ1v) is 12.2. The van der Waals surface area contributed by atoms with Gasteiger partial charge >= 0.3 is 12.3 Å². The van der Waals surface area contributed by atoms with Gasteiger partial charge in [0.05, 0.1) is 0 Å². The Kier molecular flexibility index (Phi) is 18.1. The maximum Gasteiger partial charge on any atom is 0.373 e. The van der Waals surface area contributed by atoms with Gasteiger partial charge in [0.2, 0.25) is 0 Å². The molecule has 224 valence electrons. The molecule has 0 aromatic heterocycles. The molecule has 0 amide bonds. The molecule has 0 fully saturated rings. The van der Waals surface area contributed by atoms with E-state index < -0.39 is 34.2 Å². The van der Waals surface area contributed by atoms with E-state index in [-0.39, 0.29) is 30.1 Å². The van der Waals surface area contributed by atoms with Gasteiger partial charge in [-0.2, -0.15) is 19.2 Å². The van der Waals surface area contributed by atoms with Crippen molar-refractivity contribution in [2.75, 3.05) is 5.73 Å². The number of para-hydroxylation sites is 1. The number of benzene rings is 4. The summed E-state index contributed by atoms with van der Waals surface area (Å²) in [5.41, 5.74) is 7.50. The number of Topliss-reactive ketones (excluding diaryl/α,β-unsaturated/α-hetero) is 1. The number of nitrogen functional groups attached to an aromatic ring is 1. The van der Waals surface area contributed by atoms with E-state index in [1.165, 1.54) is 12.1 Å². The van der Waals surface area contributed by atoms with E-state index in [0.29, 0.717) is 11.1 Å². The van der Waals surface area contributed by atoms with Crippen LogP contribution in [0, 0.1) is 37.1 Å². The zero-order chi connectivity index (χ0) is 32.9. The van der Waals surface area contributed by atoms with Crippen molar-refractivity contribution in [3.8, 4) is 0 Å². The number of nitrogens with two attached hydrogens (primary N) is 1. The first kappa shape index (κ1) is 37.8. The van der Waals surface area contributed by atoms with Gasteiger partial charge in [0.25, 0.3) is 5.24 Å². The van der Waals surface area contributed by atoms with Crippen LogP contribution in [0.4, 0.5) is 23.2 Å². The summed E-state index contributed by atoms with van der Waals surface area (Å²) in [7, 11) is 0. The quantitative estimate of drug-likeness (QED) is 0.121. The van der Waals surface area contributed by atoms with Crippen molar-refractivity contribution in [3.63, 3.8) is 0 Å². The maximum atomic E-state index is 13.4. The minimum absolute atomic E-state index is 0.178. The van der Waals surface area contributed by atoms with Crippen LogP contribution >= 0.6 is 11.6 Å². The Morgan fingerprint density at radius 2 is 0.953 bits per heavy atom. The molecule has 4 rings (SSSR count). The first-order chi connectivity index (χ1) is 20.3. The predicted molar refractivity (Wildman–Crippen MR) is 148 cm³/mol. The van der Waals surface area contributed by atoms with Gasteiger partial charge in [-0.3, -0.25) is 9.59 Å². The molecule has 0 saturated carbocycles. The number of hydrogen-bond donors (Lipinski definition) is 1. The van der Waals surface area contributed by atoms with Gasteiger partial charge in [0, 0.05) is 23.1 Å². The largest absolute Gasteiger partial charge is 0.394 e. The SMILES string of the molecule is Cc1ccc(C(=O)Cc2c(F)cccc2F)cc1.Cc1ccc(C(=O)Cl)cc1.Nc1c(F)cccc1F.O=C=O.O=C=O. The van der Waals surface area contributed by atoms with Crippen LogP contribution in [0.15, 0.2) is 84.9 Å². The molecule has 4 aromatic carbocycles. The van der Waals surface area contributed by atoms with Crippen molar-refractivity contribution in [2.24, 2.45) is 0 Å². The Hall–Kier alpha value is -5.21. The van der Waals surface area contributed by atoms with Gasteiger partial charge in [-0.1, -0.05) is 59.7 Å². The zero-order valence-corrected chi connectivity index (χ0v) is 23.5. The molecule has 4 aromatic rings. The van der Waals surface area contributed by atoms with Crippen molar-refractivity contribution >= 4 is 40.6 Å². The van der Waals surface area contributed by atoms with E-state index in [1.807, 2.05) is 26.0 Å². The fraction of sp³-hybridized carbons (Fsp3) is 0.0968. The van der Waals surface area contributed by atoms with Crippen molar-refractivity contribution in [1.29, 1.82) is 0 Å². The summed E-state index contributed by atoms with van der Waals surface area (Å²) in [5.74, 6) is -3.09. The molecule has 43 heavy (non-hydrogen) atoms. The Morgan fingerprint density at radius 1 is 0.628 bits per heavy atom. The highest BCUT2D eigenvalue weighted by Gasteiger charge is 2.14. The second-order valence-corrected chi connectivity index (χ2v) is 8.45. The first-order valence-electron chi connectivity index (χ1n) is 11.8. The lowest BCUT2D eigenvalue weighted by Crippen LogP contribution is -2.07. The molecule has 0 unspecified atom stereocenters. The van der Waals surface area contributed by atoms with Gasteiger partial charge in [-0.25, -0.2) is 17.6 Å². The van der Waals surface area contributed by atoms with Crippen molar-refractivity contribution in [1.82, 2.24) is 0 Å². The van der Waals surface area contributed by atoms with Crippen LogP contribution in [0.5, 0.6) is 0 Å². The number of aryl methyl sites for hydroxylation is 2. The van der Waals surface area contributed by atoms with E-state index >= 15 is 0 Å². The highest BCUT2D eigenvalue weighted by Crippen LogP contribution is 2.16. The monoisotopic (exact) mass is 617 g/mol. The minimum atomic E-state index is -0.713. The lowest BCUT2D eigenvalue weighted by Gasteiger charge is -2.04. The third kappa shape index (κ3) is 14.8. The van der Waals surface area contributed by atoms with Crippen LogP contribution in [-0.2, 0) is 25.6 Å². The summed E-state index contributed by atoms with van der Waals surface area (Å²) >= 11 is 5.22. The third-order valence-corrected chi connectivity index (χ3v) is 5.27. The smallest absolute Gasteiger partial charge is 0.373 e. The van der Waals surface area contributed by atoms with E-state index in [0.717, 1.165) is 35.4 Å². The number of halogens is 5. The molecule has 0 bridgehead atoms. The molecule has 7 nitrogen and oxygen atoms in total. The second-order valence-electron chi connectivity index (χ2n) is 8.11. The standard InChI is InChI=1S/C15H12F2O.C8H7ClO.C6H5F2N.2CO2/c1-10-5-7-11(8-6-10)15(18)9-12-13(16)3-2-4-14(12)17;1-6-2-4-7(5-3-6)8(9)10;7-4-2-1-3-5(8)6(4)9;2*2-1-3/h2-8H,9H2,1H3;2-5H,1H3;1-3H,9H2;;. The van der Waals surface area contributed by atoms with Crippen molar-refractivity contribution in [3.05, 3.63) is 136 Å². The van der Waals surface area contributed by atoms with E-state index in [2.05, 4.69) is 0 Å². The average Bonchev–Trinajstić information content (AvgIpc) is 2.96. The Bertz CT molecular complexity index is 1500. The van der Waals surface area contributed by atoms with Crippen LogP contribution in [0.3, 0.4) is 0 Å². The molecule has 0 radical (unpaired) electrons. The molecule has 2 N–H and O–H groups in total. The van der Waals surface area contributed by atoms with Crippen LogP contribution in [0.1, 0.15) is 37.4 Å². The number of ketones is 1. The fourth-order valence-electron chi connectivity index (χ4n) is 2.90. The summed E-state index contributed by atoms with van der Waals surface area (Å²) in [5, 5.41) is -0.403. The van der Waals surface area contributed by atoms with Crippen LogP contribution in [0.25, 0.3) is 0 Å². The van der Waals surface area contributed by atoms with Gasteiger partial charge < -0.3 is 5.73 Å². The number of anilines is 1. The molecular formula is C31H24ClF4NO6. The van der Waals surface area contributed by atoms with Crippen LogP contribution in [0.2, 0.25) is 0 Å². The fourth-order valence-corrected chi connectivity index (χ4v) is 3.02. The molecule has 0 aliphatic rings. The summed E-state index contributed by atoms with van der Waals surface area (Å²) < 4.78 is 51.2.